The van der Waals surface area contributed by atoms with E-state index in [0.29, 0.717) is 0 Å². The van der Waals surface area contributed by atoms with Gasteiger partial charge in [0.05, 0.1) is 18.6 Å². The molecule has 3 N–H and O–H groups in total. The van der Waals surface area contributed by atoms with E-state index in [-0.39, 0.29) is 24.5 Å². The summed E-state index contributed by atoms with van der Waals surface area (Å²) >= 11 is 0. The molecule has 15 heavy (non-hydrogen) atoms. The highest BCUT2D eigenvalue weighted by Crippen LogP contribution is 1.97. The highest BCUT2D eigenvalue weighted by molar-refractivity contribution is 5.86. The number of carbonyl (C=O) groups excluding carboxylic acids is 2. The molecule has 0 aromatic rings. The summed E-state index contributed by atoms with van der Waals surface area (Å²) in [6, 6.07) is -0.816. The first kappa shape index (κ1) is 13.9. The van der Waals surface area contributed by atoms with Crippen molar-refractivity contribution in [1.29, 1.82) is 0 Å². The number of rotatable bonds is 5. The maximum absolute atomic E-state index is 11.3. The molecular formula is C10H20N2O3. The number of nitrogens with two attached hydrogens (primary N) is 1. The van der Waals surface area contributed by atoms with Gasteiger partial charge >= 0.3 is 5.97 Å². The van der Waals surface area contributed by atoms with E-state index in [1.807, 2.05) is 13.8 Å². The van der Waals surface area contributed by atoms with E-state index in [4.69, 9.17) is 10.5 Å². The van der Waals surface area contributed by atoms with Crippen molar-refractivity contribution in [2.24, 2.45) is 5.73 Å². The Kier molecular flexibility index (Phi) is 5.93. The molecule has 1 amide bonds. The Hall–Kier alpha value is -1.10. The fourth-order valence-corrected chi connectivity index (χ4v) is 0.975. The van der Waals surface area contributed by atoms with Gasteiger partial charge in [0, 0.05) is 6.04 Å². The minimum Gasteiger partial charge on any atom is -0.463 e. The van der Waals surface area contributed by atoms with Crippen LogP contribution in [0.2, 0.25) is 0 Å². The molecule has 0 saturated carbocycles. The van der Waals surface area contributed by atoms with Crippen molar-refractivity contribution >= 4 is 11.9 Å². The maximum Gasteiger partial charge on any atom is 0.308 e. The Morgan fingerprint density at radius 3 is 2.20 bits per heavy atom. The zero-order valence-electron chi connectivity index (χ0n) is 9.74. The molecule has 0 aliphatic heterocycles. The summed E-state index contributed by atoms with van der Waals surface area (Å²) in [6.07, 6.45) is -0.269. The van der Waals surface area contributed by atoms with Gasteiger partial charge in [-0.15, -0.1) is 0 Å². The molecule has 0 spiro atoms. The number of hydrogen-bond acceptors (Lipinski definition) is 4. The number of hydrogen-bond donors (Lipinski definition) is 2. The number of amides is 1. The first-order chi connectivity index (χ1) is 6.82. The first-order valence-electron chi connectivity index (χ1n) is 5.08. The summed E-state index contributed by atoms with van der Waals surface area (Å²) in [6.45, 7) is 7.16. The average Bonchev–Trinajstić information content (AvgIpc) is 2.00. The van der Waals surface area contributed by atoms with Gasteiger partial charge in [0.15, 0.2) is 0 Å². The van der Waals surface area contributed by atoms with E-state index in [2.05, 4.69) is 5.32 Å². The molecule has 0 fully saturated rings. The minimum atomic E-state index is -0.835. The van der Waals surface area contributed by atoms with Crippen molar-refractivity contribution < 1.29 is 14.3 Å². The average molecular weight is 216 g/mol. The quantitative estimate of drug-likeness (QED) is 0.642. The lowest BCUT2D eigenvalue weighted by molar-refractivity contribution is -0.149. The molecule has 88 valence electrons. The largest absolute Gasteiger partial charge is 0.463 e. The van der Waals surface area contributed by atoms with Crippen LogP contribution in [0.25, 0.3) is 0 Å². The van der Waals surface area contributed by atoms with Crippen LogP contribution in [-0.2, 0) is 14.3 Å². The molecule has 0 aromatic heterocycles. The van der Waals surface area contributed by atoms with Gasteiger partial charge < -0.3 is 15.8 Å². The molecule has 0 unspecified atom stereocenters. The van der Waals surface area contributed by atoms with Crippen LogP contribution in [-0.4, -0.2) is 30.1 Å². The van der Waals surface area contributed by atoms with Gasteiger partial charge in [-0.1, -0.05) is 0 Å². The Labute approximate surface area is 90.4 Å². The smallest absolute Gasteiger partial charge is 0.308 e. The predicted octanol–water partition coefficient (Wildman–Crippen LogP) is 0.180. The highest BCUT2D eigenvalue weighted by Gasteiger charge is 2.19. The molecule has 0 bridgehead atoms. The highest BCUT2D eigenvalue weighted by atomic mass is 16.5. The zero-order valence-corrected chi connectivity index (χ0v) is 9.74. The lowest BCUT2D eigenvalue weighted by atomic mass is 10.2. The van der Waals surface area contributed by atoms with Crippen LogP contribution >= 0.6 is 0 Å². The van der Waals surface area contributed by atoms with Crippen LogP contribution in [0.1, 0.15) is 34.1 Å². The van der Waals surface area contributed by atoms with Crippen LogP contribution in [0.15, 0.2) is 0 Å². The molecule has 0 heterocycles. The molecule has 0 aliphatic rings. The molecule has 0 saturated heterocycles. The molecule has 0 aromatic carbocycles. The third kappa shape index (κ3) is 6.90. The van der Waals surface area contributed by atoms with E-state index in [1.54, 1.807) is 13.8 Å². The topological polar surface area (TPSA) is 81.4 Å². The maximum atomic E-state index is 11.3. The molecule has 0 aliphatic carbocycles. The molecule has 1 atom stereocenters. The van der Waals surface area contributed by atoms with E-state index < -0.39 is 12.0 Å². The summed E-state index contributed by atoms with van der Waals surface area (Å²) in [7, 11) is 0. The van der Waals surface area contributed by atoms with E-state index in [9.17, 15) is 9.59 Å². The second kappa shape index (κ2) is 6.40. The van der Waals surface area contributed by atoms with Crippen LogP contribution in [0.4, 0.5) is 0 Å². The Morgan fingerprint density at radius 2 is 1.80 bits per heavy atom. The molecule has 5 heteroatoms. The fraction of sp³-hybridized carbons (Fsp3) is 0.800. The van der Waals surface area contributed by atoms with Crippen LogP contribution in [0.3, 0.4) is 0 Å². The number of carbonyl (C=O) groups is 2. The summed E-state index contributed by atoms with van der Waals surface area (Å²) in [5.41, 5.74) is 5.53. The van der Waals surface area contributed by atoms with E-state index in [1.165, 1.54) is 0 Å². The van der Waals surface area contributed by atoms with Crippen LogP contribution in [0, 0.1) is 0 Å². The van der Waals surface area contributed by atoms with Gasteiger partial charge in [-0.3, -0.25) is 9.59 Å². The fourth-order valence-electron chi connectivity index (χ4n) is 0.975. The summed E-state index contributed by atoms with van der Waals surface area (Å²) in [5.74, 6) is -0.776. The van der Waals surface area contributed by atoms with Gasteiger partial charge in [-0.05, 0) is 27.7 Å². The Bertz CT molecular complexity index is 227. The van der Waals surface area contributed by atoms with Crippen LogP contribution < -0.4 is 11.1 Å². The third-order valence-corrected chi connectivity index (χ3v) is 1.52. The predicted molar refractivity (Wildman–Crippen MR) is 57.1 cm³/mol. The molecule has 0 rings (SSSR count). The molecule has 5 nitrogen and oxygen atoms in total. The van der Waals surface area contributed by atoms with Crippen molar-refractivity contribution in [3.05, 3.63) is 0 Å². The van der Waals surface area contributed by atoms with E-state index >= 15 is 0 Å². The van der Waals surface area contributed by atoms with Crippen LogP contribution in [0.5, 0.6) is 0 Å². The Morgan fingerprint density at radius 1 is 1.27 bits per heavy atom. The van der Waals surface area contributed by atoms with Gasteiger partial charge in [-0.25, -0.2) is 0 Å². The Balaban J connectivity index is 3.96. The first-order valence-corrected chi connectivity index (χ1v) is 5.08. The number of nitrogens with one attached hydrogen (secondary N) is 1. The summed E-state index contributed by atoms with van der Waals surface area (Å²) < 4.78 is 4.88. The minimum absolute atomic E-state index is 0.0182. The van der Waals surface area contributed by atoms with Crippen molar-refractivity contribution in [1.82, 2.24) is 5.32 Å². The number of ether oxygens (including phenoxy) is 1. The molecular weight excluding hydrogens is 196 g/mol. The van der Waals surface area contributed by atoms with Gasteiger partial charge in [0.25, 0.3) is 0 Å². The van der Waals surface area contributed by atoms with Crippen molar-refractivity contribution in [3.8, 4) is 0 Å². The van der Waals surface area contributed by atoms with Crippen molar-refractivity contribution in [2.75, 3.05) is 0 Å². The summed E-state index contributed by atoms with van der Waals surface area (Å²) in [4.78, 5) is 22.5. The second-order valence-corrected chi connectivity index (χ2v) is 4.01. The van der Waals surface area contributed by atoms with Crippen molar-refractivity contribution in [2.45, 2.75) is 52.3 Å². The zero-order chi connectivity index (χ0) is 12.0. The second-order valence-electron chi connectivity index (χ2n) is 4.01. The van der Waals surface area contributed by atoms with Gasteiger partial charge in [0.1, 0.15) is 0 Å². The SMILES string of the molecule is CC(C)NC(=O)[C@@H](N)CC(=O)OC(C)C. The van der Waals surface area contributed by atoms with Crippen molar-refractivity contribution in [3.63, 3.8) is 0 Å². The summed E-state index contributed by atoms with van der Waals surface area (Å²) in [5, 5.41) is 2.63. The standard InChI is InChI=1S/C10H20N2O3/c1-6(2)12-10(14)8(11)5-9(13)15-7(3)4/h6-8H,5,11H2,1-4H3,(H,12,14)/t8-/m0/s1. The molecule has 0 radical (unpaired) electrons. The lowest BCUT2D eigenvalue weighted by Gasteiger charge is -2.14. The van der Waals surface area contributed by atoms with Gasteiger partial charge in [-0.2, -0.15) is 0 Å². The third-order valence-electron chi connectivity index (χ3n) is 1.52. The number of esters is 1. The monoisotopic (exact) mass is 216 g/mol. The lowest BCUT2D eigenvalue weighted by Crippen LogP contribution is -2.44. The normalized spacial score (nSPS) is 12.7. The van der Waals surface area contributed by atoms with E-state index in [0.717, 1.165) is 0 Å². The van der Waals surface area contributed by atoms with Gasteiger partial charge in [0.2, 0.25) is 5.91 Å².